The van der Waals surface area contributed by atoms with Gasteiger partial charge in [0.05, 0.1) is 0 Å². The lowest BCUT2D eigenvalue weighted by atomic mass is 9.88. The van der Waals surface area contributed by atoms with E-state index in [9.17, 15) is 13.2 Å². The van der Waals surface area contributed by atoms with E-state index in [-0.39, 0.29) is 0 Å². The summed E-state index contributed by atoms with van der Waals surface area (Å²) in [6, 6.07) is 6.74. The quantitative estimate of drug-likeness (QED) is 0.662. The molecule has 0 atom stereocenters. The summed E-state index contributed by atoms with van der Waals surface area (Å²) in [6.45, 7) is 2.13. The van der Waals surface area contributed by atoms with Gasteiger partial charge >= 0.3 is 0 Å². The average Bonchev–Trinajstić information content (AvgIpc) is 2.50. The minimum atomic E-state index is -0.959. The maximum atomic E-state index is 14.4. The van der Waals surface area contributed by atoms with Gasteiger partial charge in [-0.1, -0.05) is 31.1 Å². The number of allylic oxidation sites excluding steroid dienone is 1. The van der Waals surface area contributed by atoms with Crippen LogP contribution in [0.1, 0.15) is 37.3 Å². The standard InChI is InChI=1S/C19H17F3/c1-2-3-12-4-5-13-9-16(18(21)11-15(13)8-12)14-6-7-17(20)19(22)10-14/h6-11H,2-5H2,1H3. The second-order valence-corrected chi connectivity index (χ2v) is 5.71. The summed E-state index contributed by atoms with van der Waals surface area (Å²) in [5, 5.41) is 0. The number of hydrogen-bond donors (Lipinski definition) is 0. The van der Waals surface area contributed by atoms with Crippen LogP contribution in [-0.4, -0.2) is 0 Å². The molecule has 0 fully saturated rings. The number of aryl methyl sites for hydroxylation is 1. The zero-order chi connectivity index (χ0) is 15.7. The SMILES string of the molecule is CCCC1=Cc2cc(F)c(-c3ccc(F)c(F)c3)cc2CC1. The third-order valence-electron chi connectivity index (χ3n) is 4.11. The third kappa shape index (κ3) is 2.80. The number of hydrogen-bond acceptors (Lipinski definition) is 0. The van der Waals surface area contributed by atoms with Crippen molar-refractivity contribution in [2.45, 2.75) is 32.6 Å². The van der Waals surface area contributed by atoms with Crippen LogP contribution in [0.2, 0.25) is 0 Å². The van der Waals surface area contributed by atoms with Crippen LogP contribution in [0.3, 0.4) is 0 Å². The number of benzene rings is 2. The van der Waals surface area contributed by atoms with Crippen molar-refractivity contribution in [2.75, 3.05) is 0 Å². The van der Waals surface area contributed by atoms with Crippen LogP contribution in [0.15, 0.2) is 35.9 Å². The van der Waals surface area contributed by atoms with E-state index in [1.165, 1.54) is 17.7 Å². The Labute approximate surface area is 128 Å². The maximum absolute atomic E-state index is 14.4. The van der Waals surface area contributed by atoms with E-state index >= 15 is 0 Å². The summed E-state index contributed by atoms with van der Waals surface area (Å²) in [4.78, 5) is 0. The monoisotopic (exact) mass is 302 g/mol. The molecule has 1 aliphatic rings. The van der Waals surface area contributed by atoms with Gasteiger partial charge in [-0.2, -0.15) is 0 Å². The van der Waals surface area contributed by atoms with E-state index in [1.807, 2.05) is 0 Å². The molecule has 0 bridgehead atoms. The summed E-state index contributed by atoms with van der Waals surface area (Å²) in [7, 11) is 0. The molecule has 0 saturated heterocycles. The number of rotatable bonds is 3. The Morgan fingerprint density at radius 3 is 2.45 bits per heavy atom. The van der Waals surface area contributed by atoms with Gasteiger partial charge in [-0.05, 0) is 60.2 Å². The van der Waals surface area contributed by atoms with E-state index in [4.69, 9.17) is 0 Å². The molecule has 0 unspecified atom stereocenters. The van der Waals surface area contributed by atoms with Crippen LogP contribution in [0.4, 0.5) is 13.2 Å². The molecule has 0 amide bonds. The summed E-state index contributed by atoms with van der Waals surface area (Å²) in [5.41, 5.74) is 3.99. The molecule has 0 N–H and O–H groups in total. The first kappa shape index (κ1) is 14.9. The molecule has 0 radical (unpaired) electrons. The Morgan fingerprint density at radius 2 is 1.73 bits per heavy atom. The van der Waals surface area contributed by atoms with Crippen molar-refractivity contribution in [3.05, 3.63) is 64.5 Å². The summed E-state index contributed by atoms with van der Waals surface area (Å²) < 4.78 is 40.8. The smallest absolute Gasteiger partial charge is 0.159 e. The molecule has 0 aliphatic heterocycles. The van der Waals surface area contributed by atoms with Crippen molar-refractivity contribution >= 4 is 6.08 Å². The van der Waals surface area contributed by atoms with Gasteiger partial charge in [-0.3, -0.25) is 0 Å². The summed E-state index contributed by atoms with van der Waals surface area (Å²) >= 11 is 0. The zero-order valence-corrected chi connectivity index (χ0v) is 12.4. The molecule has 0 saturated carbocycles. The van der Waals surface area contributed by atoms with Gasteiger partial charge in [0, 0.05) is 5.56 Å². The second kappa shape index (κ2) is 5.99. The fourth-order valence-corrected chi connectivity index (χ4v) is 2.97. The molecule has 3 rings (SSSR count). The topological polar surface area (TPSA) is 0 Å². The Balaban J connectivity index is 2.03. The Hall–Kier alpha value is -2.03. The lowest BCUT2D eigenvalue weighted by Crippen LogP contribution is -2.01. The third-order valence-corrected chi connectivity index (χ3v) is 4.11. The highest BCUT2D eigenvalue weighted by atomic mass is 19.2. The molecule has 1 aliphatic carbocycles. The Bertz CT molecular complexity index is 745. The van der Waals surface area contributed by atoms with Crippen molar-refractivity contribution in [3.8, 4) is 11.1 Å². The summed E-state index contributed by atoms with van der Waals surface area (Å²) in [6.07, 6.45) is 6.00. The fourth-order valence-electron chi connectivity index (χ4n) is 2.97. The molecular weight excluding hydrogens is 285 g/mol. The van der Waals surface area contributed by atoms with Gasteiger partial charge in [0.2, 0.25) is 0 Å². The predicted octanol–water partition coefficient (Wildman–Crippen LogP) is 5.90. The Kier molecular flexibility index (Phi) is 4.06. The molecule has 0 nitrogen and oxygen atoms in total. The fraction of sp³-hybridized carbons (Fsp3) is 0.263. The first-order valence-corrected chi connectivity index (χ1v) is 7.55. The second-order valence-electron chi connectivity index (χ2n) is 5.71. The largest absolute Gasteiger partial charge is 0.206 e. The van der Waals surface area contributed by atoms with Crippen molar-refractivity contribution in [1.29, 1.82) is 0 Å². The number of halogens is 3. The highest BCUT2D eigenvalue weighted by Gasteiger charge is 2.16. The van der Waals surface area contributed by atoms with Crippen LogP contribution in [-0.2, 0) is 6.42 Å². The average molecular weight is 302 g/mol. The van der Waals surface area contributed by atoms with Gasteiger partial charge in [0.1, 0.15) is 5.82 Å². The lowest BCUT2D eigenvalue weighted by molar-refractivity contribution is 0.509. The van der Waals surface area contributed by atoms with Gasteiger partial charge in [-0.25, -0.2) is 13.2 Å². The minimum absolute atomic E-state index is 0.324. The lowest BCUT2D eigenvalue weighted by Gasteiger charge is -2.18. The first-order valence-electron chi connectivity index (χ1n) is 7.55. The van der Waals surface area contributed by atoms with E-state index in [1.54, 1.807) is 6.07 Å². The van der Waals surface area contributed by atoms with Gasteiger partial charge < -0.3 is 0 Å². The first-order chi connectivity index (χ1) is 10.6. The van der Waals surface area contributed by atoms with Crippen LogP contribution in [0.25, 0.3) is 17.2 Å². The molecule has 0 aromatic heterocycles. The molecular formula is C19H17F3. The van der Waals surface area contributed by atoms with Crippen molar-refractivity contribution in [2.24, 2.45) is 0 Å². The van der Waals surface area contributed by atoms with E-state index < -0.39 is 17.5 Å². The molecule has 2 aromatic carbocycles. The van der Waals surface area contributed by atoms with Gasteiger partial charge in [-0.15, -0.1) is 0 Å². The zero-order valence-electron chi connectivity index (χ0n) is 12.4. The van der Waals surface area contributed by atoms with Gasteiger partial charge in [0.15, 0.2) is 11.6 Å². The molecule has 114 valence electrons. The molecule has 0 heterocycles. The van der Waals surface area contributed by atoms with E-state index in [0.717, 1.165) is 48.9 Å². The highest BCUT2D eigenvalue weighted by molar-refractivity contribution is 5.70. The predicted molar refractivity (Wildman–Crippen MR) is 83.0 cm³/mol. The van der Waals surface area contributed by atoms with Crippen LogP contribution in [0, 0.1) is 17.5 Å². The minimum Gasteiger partial charge on any atom is -0.206 e. The maximum Gasteiger partial charge on any atom is 0.159 e. The molecule has 3 heteroatoms. The summed E-state index contributed by atoms with van der Waals surface area (Å²) in [5.74, 6) is -2.28. The van der Waals surface area contributed by atoms with E-state index in [0.29, 0.717) is 11.1 Å². The molecule has 0 spiro atoms. The van der Waals surface area contributed by atoms with Crippen molar-refractivity contribution in [3.63, 3.8) is 0 Å². The van der Waals surface area contributed by atoms with E-state index in [2.05, 4.69) is 13.0 Å². The Morgan fingerprint density at radius 1 is 0.909 bits per heavy atom. The van der Waals surface area contributed by atoms with Gasteiger partial charge in [0.25, 0.3) is 0 Å². The molecule has 2 aromatic rings. The van der Waals surface area contributed by atoms with Crippen LogP contribution in [0.5, 0.6) is 0 Å². The van der Waals surface area contributed by atoms with Crippen LogP contribution >= 0.6 is 0 Å². The van der Waals surface area contributed by atoms with Crippen LogP contribution < -0.4 is 0 Å². The number of fused-ring (bicyclic) bond motifs is 1. The van der Waals surface area contributed by atoms with Crippen molar-refractivity contribution < 1.29 is 13.2 Å². The highest BCUT2D eigenvalue weighted by Crippen LogP contribution is 2.32. The molecule has 22 heavy (non-hydrogen) atoms. The van der Waals surface area contributed by atoms with Crippen molar-refractivity contribution in [1.82, 2.24) is 0 Å². The normalized spacial score (nSPS) is 13.7.